The third-order valence-electron chi connectivity index (χ3n) is 5.86. The van der Waals surface area contributed by atoms with Crippen LogP contribution < -0.4 is 4.90 Å². The van der Waals surface area contributed by atoms with Crippen LogP contribution in [0.4, 0.5) is 5.95 Å². The molecular formula is C24H23N5O2. The highest BCUT2D eigenvalue weighted by Gasteiger charge is 2.34. The third-order valence-corrected chi connectivity index (χ3v) is 5.86. The summed E-state index contributed by atoms with van der Waals surface area (Å²) < 4.78 is 0. The van der Waals surface area contributed by atoms with Gasteiger partial charge in [0, 0.05) is 45.1 Å². The van der Waals surface area contributed by atoms with E-state index in [1.165, 1.54) is 10.5 Å². The zero-order valence-corrected chi connectivity index (χ0v) is 17.1. The number of piperazine rings is 1. The fourth-order valence-electron chi connectivity index (χ4n) is 4.13. The normalized spacial score (nSPS) is 16.6. The fourth-order valence-corrected chi connectivity index (χ4v) is 4.13. The lowest BCUT2D eigenvalue weighted by atomic mass is 10.1. The molecule has 2 aromatic carbocycles. The average molecular weight is 413 g/mol. The van der Waals surface area contributed by atoms with Crippen LogP contribution in [0.2, 0.25) is 0 Å². The predicted molar refractivity (Wildman–Crippen MR) is 117 cm³/mol. The Balaban J connectivity index is 1.17. The van der Waals surface area contributed by atoms with Gasteiger partial charge in [-0.3, -0.25) is 19.4 Å². The molecular weight excluding hydrogens is 390 g/mol. The number of hydrogen-bond acceptors (Lipinski definition) is 6. The van der Waals surface area contributed by atoms with Gasteiger partial charge in [-0.1, -0.05) is 36.4 Å². The molecule has 1 saturated heterocycles. The van der Waals surface area contributed by atoms with Gasteiger partial charge in [0.25, 0.3) is 11.8 Å². The Morgan fingerprint density at radius 2 is 1.23 bits per heavy atom. The lowest BCUT2D eigenvalue weighted by Crippen LogP contribution is -2.46. The molecule has 0 saturated carbocycles. The van der Waals surface area contributed by atoms with E-state index in [0.717, 1.165) is 44.2 Å². The Hall–Kier alpha value is -3.58. The fraction of sp³-hybridized carbons (Fsp3) is 0.250. The Morgan fingerprint density at radius 1 is 0.677 bits per heavy atom. The van der Waals surface area contributed by atoms with Crippen molar-refractivity contribution in [1.29, 1.82) is 0 Å². The van der Waals surface area contributed by atoms with Crippen molar-refractivity contribution in [2.24, 2.45) is 0 Å². The van der Waals surface area contributed by atoms with E-state index in [-0.39, 0.29) is 11.8 Å². The van der Waals surface area contributed by atoms with E-state index in [9.17, 15) is 9.59 Å². The largest absolute Gasteiger partial charge is 0.338 e. The van der Waals surface area contributed by atoms with Gasteiger partial charge in [-0.15, -0.1) is 0 Å². The number of aromatic nitrogens is 2. The number of carbonyl (C=O) groups is 2. The maximum atomic E-state index is 12.6. The van der Waals surface area contributed by atoms with Crippen molar-refractivity contribution in [3.8, 4) is 0 Å². The molecule has 3 aromatic rings. The maximum Gasteiger partial charge on any atom is 0.261 e. The molecule has 0 unspecified atom stereocenters. The molecule has 0 N–H and O–H groups in total. The molecule has 2 aliphatic rings. The summed E-state index contributed by atoms with van der Waals surface area (Å²) in [4.78, 5) is 39.7. The topological polar surface area (TPSA) is 69.6 Å². The first kappa shape index (κ1) is 19.4. The van der Waals surface area contributed by atoms with Crippen molar-refractivity contribution >= 4 is 17.8 Å². The molecule has 1 aromatic heterocycles. The predicted octanol–water partition coefficient (Wildman–Crippen LogP) is 2.60. The third kappa shape index (κ3) is 3.92. The van der Waals surface area contributed by atoms with Gasteiger partial charge in [0.2, 0.25) is 5.95 Å². The number of nitrogens with zero attached hydrogens (tertiary/aromatic N) is 5. The number of amides is 2. The van der Waals surface area contributed by atoms with E-state index < -0.39 is 0 Å². The quantitative estimate of drug-likeness (QED) is 0.599. The lowest BCUT2D eigenvalue weighted by Gasteiger charge is -2.34. The average Bonchev–Trinajstić information content (AvgIpc) is 3.06. The number of hydrogen-bond donors (Lipinski definition) is 0. The monoisotopic (exact) mass is 413 g/mol. The highest BCUT2D eigenvalue weighted by molar-refractivity contribution is 6.21. The molecule has 1 fully saturated rings. The van der Waals surface area contributed by atoms with Crippen LogP contribution in [0.15, 0.2) is 67.0 Å². The van der Waals surface area contributed by atoms with Gasteiger partial charge in [-0.2, -0.15) is 0 Å². The number of anilines is 1. The van der Waals surface area contributed by atoms with Gasteiger partial charge in [-0.25, -0.2) is 9.97 Å². The second kappa shape index (κ2) is 8.28. The molecule has 5 rings (SSSR count). The van der Waals surface area contributed by atoms with Crippen LogP contribution in [0.25, 0.3) is 0 Å². The highest BCUT2D eigenvalue weighted by Crippen LogP contribution is 2.24. The Morgan fingerprint density at radius 3 is 1.81 bits per heavy atom. The van der Waals surface area contributed by atoms with Gasteiger partial charge in [0.1, 0.15) is 0 Å². The molecule has 0 spiro atoms. The zero-order valence-electron chi connectivity index (χ0n) is 17.1. The summed E-state index contributed by atoms with van der Waals surface area (Å²) in [5.41, 5.74) is 3.15. The van der Waals surface area contributed by atoms with Gasteiger partial charge in [0.05, 0.1) is 17.7 Å². The van der Waals surface area contributed by atoms with Crippen molar-refractivity contribution < 1.29 is 9.59 Å². The summed E-state index contributed by atoms with van der Waals surface area (Å²) in [7, 11) is 0. The van der Waals surface area contributed by atoms with E-state index in [4.69, 9.17) is 0 Å². The molecule has 7 heteroatoms. The first-order valence-electron chi connectivity index (χ1n) is 10.5. The number of rotatable bonds is 5. The first-order chi connectivity index (χ1) is 15.2. The van der Waals surface area contributed by atoms with E-state index >= 15 is 0 Å². The summed E-state index contributed by atoms with van der Waals surface area (Å²) in [6, 6.07) is 17.0. The number of carbonyl (C=O) groups excluding carboxylic acids is 2. The highest BCUT2D eigenvalue weighted by atomic mass is 16.2. The summed E-state index contributed by atoms with van der Waals surface area (Å²) in [6.45, 7) is 4.88. The number of benzene rings is 2. The maximum absolute atomic E-state index is 12.6. The smallest absolute Gasteiger partial charge is 0.261 e. The van der Waals surface area contributed by atoms with Crippen LogP contribution in [-0.2, 0) is 13.1 Å². The zero-order chi connectivity index (χ0) is 21.2. The molecule has 3 heterocycles. The van der Waals surface area contributed by atoms with E-state index in [1.54, 1.807) is 36.7 Å². The summed E-state index contributed by atoms with van der Waals surface area (Å²) in [5, 5.41) is 0. The van der Waals surface area contributed by atoms with Crippen LogP contribution in [0.1, 0.15) is 31.8 Å². The van der Waals surface area contributed by atoms with Crippen LogP contribution in [0, 0.1) is 0 Å². The van der Waals surface area contributed by atoms with Crippen LogP contribution in [0.3, 0.4) is 0 Å². The summed E-state index contributed by atoms with van der Waals surface area (Å²) in [6.07, 6.45) is 3.55. The van der Waals surface area contributed by atoms with E-state index in [1.807, 2.05) is 18.2 Å². The van der Waals surface area contributed by atoms with Crippen molar-refractivity contribution in [2.75, 3.05) is 31.1 Å². The van der Waals surface area contributed by atoms with Crippen molar-refractivity contribution in [2.45, 2.75) is 13.1 Å². The van der Waals surface area contributed by atoms with Crippen molar-refractivity contribution in [1.82, 2.24) is 19.8 Å². The Bertz CT molecular complexity index is 1060. The second-order valence-electron chi connectivity index (χ2n) is 7.87. The van der Waals surface area contributed by atoms with Crippen molar-refractivity contribution in [3.63, 3.8) is 0 Å². The molecule has 2 amide bonds. The van der Waals surface area contributed by atoms with Gasteiger partial charge in [0.15, 0.2) is 0 Å². The van der Waals surface area contributed by atoms with Gasteiger partial charge < -0.3 is 4.90 Å². The van der Waals surface area contributed by atoms with Gasteiger partial charge in [-0.05, 0) is 29.3 Å². The number of fused-ring (bicyclic) bond motifs is 1. The molecule has 0 radical (unpaired) electrons. The van der Waals surface area contributed by atoms with Gasteiger partial charge >= 0.3 is 0 Å². The molecule has 0 atom stereocenters. The lowest BCUT2D eigenvalue weighted by molar-refractivity contribution is 0.0642. The van der Waals surface area contributed by atoms with Crippen LogP contribution >= 0.6 is 0 Å². The van der Waals surface area contributed by atoms with Crippen LogP contribution in [-0.4, -0.2) is 57.8 Å². The summed E-state index contributed by atoms with van der Waals surface area (Å²) >= 11 is 0. The molecule has 2 aliphatic heterocycles. The Labute approximate surface area is 180 Å². The minimum absolute atomic E-state index is 0.218. The van der Waals surface area contributed by atoms with Crippen molar-refractivity contribution in [3.05, 3.63) is 89.2 Å². The molecule has 156 valence electrons. The van der Waals surface area contributed by atoms with E-state index in [2.05, 4.69) is 31.9 Å². The second-order valence-corrected chi connectivity index (χ2v) is 7.87. The van der Waals surface area contributed by atoms with E-state index in [0.29, 0.717) is 17.7 Å². The first-order valence-corrected chi connectivity index (χ1v) is 10.5. The SMILES string of the molecule is O=C1c2ccccc2C(=O)N1Cc1ccc(CN2CCN(c3ncccn3)CC2)cc1. The minimum atomic E-state index is -0.218. The molecule has 31 heavy (non-hydrogen) atoms. The Kier molecular flexibility index (Phi) is 5.18. The molecule has 0 aliphatic carbocycles. The number of imide groups is 1. The van der Waals surface area contributed by atoms with Crippen LogP contribution in [0.5, 0.6) is 0 Å². The molecule has 0 bridgehead atoms. The standard InChI is InChI=1S/C24H23N5O2/c30-22-20-4-1-2-5-21(20)23(31)29(22)17-19-8-6-18(7-9-19)16-27-12-14-28(15-13-27)24-25-10-3-11-26-24/h1-11H,12-17H2. The minimum Gasteiger partial charge on any atom is -0.338 e. The molecule has 7 nitrogen and oxygen atoms in total. The summed E-state index contributed by atoms with van der Waals surface area (Å²) in [5.74, 6) is 0.356.